The maximum Gasteiger partial charge on any atom is 0.254 e. The Morgan fingerprint density at radius 3 is 2.64 bits per heavy atom. The predicted octanol–water partition coefficient (Wildman–Crippen LogP) is 2.62. The molecule has 25 heavy (non-hydrogen) atoms. The topological polar surface area (TPSA) is 52.7 Å². The number of nitrogens with one attached hydrogen (secondary N) is 1. The lowest BCUT2D eigenvalue weighted by Crippen LogP contribution is -2.46. The number of hydrogen-bond acceptors (Lipinski definition) is 3. The van der Waals surface area contributed by atoms with Gasteiger partial charge < -0.3 is 15.1 Å². The van der Waals surface area contributed by atoms with E-state index in [0.717, 1.165) is 68.7 Å². The van der Waals surface area contributed by atoms with E-state index in [0.29, 0.717) is 6.04 Å². The minimum atomic E-state index is 0. The molecule has 2 amide bonds. The molecule has 6 heteroatoms. The first-order valence-electron chi connectivity index (χ1n) is 9.04. The van der Waals surface area contributed by atoms with Crippen molar-refractivity contribution in [2.24, 2.45) is 0 Å². The van der Waals surface area contributed by atoms with Gasteiger partial charge >= 0.3 is 0 Å². The van der Waals surface area contributed by atoms with Crippen molar-refractivity contribution < 1.29 is 9.59 Å². The minimum absolute atomic E-state index is 0. The summed E-state index contributed by atoms with van der Waals surface area (Å²) in [5, 5.41) is 3.36. The summed E-state index contributed by atoms with van der Waals surface area (Å²) in [6.45, 7) is 7.20. The molecule has 0 bridgehead atoms. The van der Waals surface area contributed by atoms with Gasteiger partial charge in [0, 0.05) is 37.3 Å². The number of anilines is 1. The third kappa shape index (κ3) is 4.15. The van der Waals surface area contributed by atoms with Crippen molar-refractivity contribution in [1.29, 1.82) is 0 Å². The molecule has 0 spiro atoms. The third-order valence-corrected chi connectivity index (χ3v) is 5.08. The molecular formula is C19H28ClN3O2. The fourth-order valence-corrected chi connectivity index (χ4v) is 3.84. The number of amides is 2. The molecule has 1 aromatic rings. The fourth-order valence-electron chi connectivity index (χ4n) is 3.84. The van der Waals surface area contributed by atoms with Gasteiger partial charge in [0.05, 0.1) is 0 Å². The van der Waals surface area contributed by atoms with Gasteiger partial charge in [-0.3, -0.25) is 9.59 Å². The standard InChI is InChI=1S/C19H27N3O2.ClH/c1-3-11-22(17-6-9-20-10-7-17)19(24)16-4-5-18-15(13-16)8-12-21(18)14(2)23;/h4-5,13,17,20H,3,6-12H2,1-2H3;1H. The van der Waals surface area contributed by atoms with Gasteiger partial charge in [0.2, 0.25) is 5.91 Å². The molecule has 1 saturated heterocycles. The Morgan fingerprint density at radius 2 is 2.00 bits per heavy atom. The lowest BCUT2D eigenvalue weighted by Gasteiger charge is -2.34. The number of halogens is 1. The molecular weight excluding hydrogens is 338 g/mol. The first-order chi connectivity index (χ1) is 11.6. The predicted molar refractivity (Wildman–Crippen MR) is 103 cm³/mol. The Labute approximate surface area is 156 Å². The normalized spacial score (nSPS) is 17.0. The van der Waals surface area contributed by atoms with Crippen molar-refractivity contribution in [3.05, 3.63) is 29.3 Å². The highest BCUT2D eigenvalue weighted by Gasteiger charge is 2.28. The summed E-state index contributed by atoms with van der Waals surface area (Å²) in [7, 11) is 0. The van der Waals surface area contributed by atoms with E-state index in [1.807, 2.05) is 18.2 Å². The molecule has 2 heterocycles. The van der Waals surface area contributed by atoms with Crippen LogP contribution in [0.5, 0.6) is 0 Å². The molecule has 0 aromatic heterocycles. The first-order valence-corrected chi connectivity index (χ1v) is 9.04. The maximum atomic E-state index is 13.1. The number of rotatable bonds is 4. The van der Waals surface area contributed by atoms with Crippen LogP contribution in [-0.4, -0.2) is 48.9 Å². The SMILES string of the molecule is CCCN(C(=O)c1ccc2c(c1)CCN2C(C)=O)C1CCNCC1.Cl. The Morgan fingerprint density at radius 1 is 1.28 bits per heavy atom. The monoisotopic (exact) mass is 365 g/mol. The van der Waals surface area contributed by atoms with Gasteiger partial charge in [-0.15, -0.1) is 12.4 Å². The highest BCUT2D eigenvalue weighted by atomic mass is 35.5. The summed E-state index contributed by atoms with van der Waals surface area (Å²) >= 11 is 0. The van der Waals surface area contributed by atoms with E-state index in [4.69, 9.17) is 0 Å². The van der Waals surface area contributed by atoms with Crippen molar-refractivity contribution in [3.8, 4) is 0 Å². The molecule has 3 rings (SSSR count). The molecule has 1 aromatic carbocycles. The number of carbonyl (C=O) groups is 2. The highest BCUT2D eigenvalue weighted by Crippen LogP contribution is 2.29. The number of carbonyl (C=O) groups excluding carboxylic acids is 2. The number of fused-ring (bicyclic) bond motifs is 1. The summed E-state index contributed by atoms with van der Waals surface area (Å²) in [4.78, 5) is 28.6. The molecule has 138 valence electrons. The van der Waals surface area contributed by atoms with Crippen molar-refractivity contribution in [1.82, 2.24) is 10.2 Å². The smallest absolute Gasteiger partial charge is 0.254 e. The summed E-state index contributed by atoms with van der Waals surface area (Å²) in [6, 6.07) is 6.14. The fraction of sp³-hybridized carbons (Fsp3) is 0.579. The van der Waals surface area contributed by atoms with Crippen molar-refractivity contribution in [3.63, 3.8) is 0 Å². The van der Waals surface area contributed by atoms with Crippen molar-refractivity contribution in [2.45, 2.75) is 45.6 Å². The van der Waals surface area contributed by atoms with E-state index in [1.165, 1.54) is 0 Å². The average Bonchev–Trinajstić information content (AvgIpc) is 3.03. The summed E-state index contributed by atoms with van der Waals surface area (Å²) in [6.07, 6.45) is 3.85. The number of hydrogen-bond donors (Lipinski definition) is 1. The van der Waals surface area contributed by atoms with Crippen LogP contribution in [0.25, 0.3) is 0 Å². The summed E-state index contributed by atoms with van der Waals surface area (Å²) < 4.78 is 0. The van der Waals surface area contributed by atoms with E-state index in [-0.39, 0.29) is 24.2 Å². The van der Waals surface area contributed by atoms with E-state index in [9.17, 15) is 9.59 Å². The van der Waals surface area contributed by atoms with Crippen LogP contribution in [0.2, 0.25) is 0 Å². The van der Waals surface area contributed by atoms with Crippen LogP contribution in [0.1, 0.15) is 49.0 Å². The second-order valence-corrected chi connectivity index (χ2v) is 6.74. The molecule has 0 saturated carbocycles. The number of piperidine rings is 1. The zero-order valence-corrected chi connectivity index (χ0v) is 15.9. The van der Waals surface area contributed by atoms with Crippen LogP contribution in [-0.2, 0) is 11.2 Å². The van der Waals surface area contributed by atoms with Gasteiger partial charge in [-0.2, -0.15) is 0 Å². The third-order valence-electron chi connectivity index (χ3n) is 5.08. The van der Waals surface area contributed by atoms with Gasteiger partial charge in [-0.1, -0.05) is 6.92 Å². The first kappa shape index (κ1) is 19.7. The average molecular weight is 366 g/mol. The lowest BCUT2D eigenvalue weighted by atomic mass is 10.0. The Hall–Kier alpha value is -1.59. The van der Waals surface area contributed by atoms with Gasteiger partial charge in [0.25, 0.3) is 5.91 Å². The van der Waals surface area contributed by atoms with Crippen molar-refractivity contribution >= 4 is 29.9 Å². The minimum Gasteiger partial charge on any atom is -0.336 e. The van der Waals surface area contributed by atoms with Gasteiger partial charge in [-0.05, 0) is 62.5 Å². The van der Waals surface area contributed by atoms with Crippen LogP contribution in [0.3, 0.4) is 0 Å². The molecule has 0 unspecified atom stereocenters. The van der Waals surface area contributed by atoms with Crippen LogP contribution in [0, 0.1) is 0 Å². The number of benzene rings is 1. The molecule has 1 fully saturated rings. The second kappa shape index (κ2) is 8.68. The highest BCUT2D eigenvalue weighted by molar-refractivity contribution is 5.98. The molecule has 1 N–H and O–H groups in total. The van der Waals surface area contributed by atoms with Gasteiger partial charge in [0.1, 0.15) is 0 Å². The van der Waals surface area contributed by atoms with Crippen LogP contribution in [0.15, 0.2) is 18.2 Å². The van der Waals surface area contributed by atoms with Crippen LogP contribution in [0.4, 0.5) is 5.69 Å². The summed E-state index contributed by atoms with van der Waals surface area (Å²) in [5.74, 6) is 0.197. The Bertz CT molecular complexity index is 629. The molecule has 2 aliphatic heterocycles. The molecule has 0 atom stereocenters. The zero-order chi connectivity index (χ0) is 17.1. The summed E-state index contributed by atoms with van der Waals surface area (Å²) in [5.41, 5.74) is 2.83. The lowest BCUT2D eigenvalue weighted by molar-refractivity contribution is -0.116. The van der Waals surface area contributed by atoms with E-state index in [1.54, 1.807) is 11.8 Å². The largest absolute Gasteiger partial charge is 0.336 e. The van der Waals surface area contributed by atoms with Gasteiger partial charge in [0.15, 0.2) is 0 Å². The molecule has 5 nitrogen and oxygen atoms in total. The Balaban J connectivity index is 0.00000225. The van der Waals surface area contributed by atoms with Crippen LogP contribution < -0.4 is 10.2 Å². The Kier molecular flexibility index (Phi) is 6.85. The van der Waals surface area contributed by atoms with E-state index < -0.39 is 0 Å². The number of nitrogens with zero attached hydrogens (tertiary/aromatic N) is 2. The molecule has 0 radical (unpaired) electrons. The molecule has 2 aliphatic rings. The molecule has 0 aliphatic carbocycles. The quantitative estimate of drug-likeness (QED) is 0.892. The maximum absolute atomic E-state index is 13.1. The zero-order valence-electron chi connectivity index (χ0n) is 15.1. The second-order valence-electron chi connectivity index (χ2n) is 6.74. The van der Waals surface area contributed by atoms with Gasteiger partial charge in [-0.25, -0.2) is 0 Å². The van der Waals surface area contributed by atoms with E-state index >= 15 is 0 Å². The van der Waals surface area contributed by atoms with E-state index in [2.05, 4.69) is 17.1 Å². The van der Waals surface area contributed by atoms with Crippen LogP contribution >= 0.6 is 12.4 Å². The van der Waals surface area contributed by atoms with Crippen molar-refractivity contribution in [2.75, 3.05) is 31.1 Å².